The lowest BCUT2D eigenvalue weighted by Gasteiger charge is -2.02. The van der Waals surface area contributed by atoms with Crippen molar-refractivity contribution in [2.24, 2.45) is 0 Å². The predicted molar refractivity (Wildman–Crippen MR) is 69.0 cm³/mol. The molecule has 1 aromatic heterocycles. The molecule has 1 N–H and O–H groups in total. The predicted octanol–water partition coefficient (Wildman–Crippen LogP) is 2.29. The highest BCUT2D eigenvalue weighted by molar-refractivity contribution is 5.66. The van der Waals surface area contributed by atoms with Crippen LogP contribution in [0.3, 0.4) is 0 Å². The van der Waals surface area contributed by atoms with Crippen LogP contribution in [0.2, 0.25) is 0 Å². The number of aliphatic carboxylic acids is 1. The molecule has 1 heterocycles. The second kappa shape index (κ2) is 5.65. The Morgan fingerprint density at radius 3 is 2.79 bits per heavy atom. The van der Waals surface area contributed by atoms with E-state index >= 15 is 0 Å². The molecule has 5 heteroatoms. The topological polar surface area (TPSA) is 76.2 Å². The van der Waals surface area contributed by atoms with Crippen LogP contribution in [0.5, 0.6) is 0 Å². The summed E-state index contributed by atoms with van der Waals surface area (Å²) in [6.45, 7) is 4.13. The van der Waals surface area contributed by atoms with E-state index in [0.717, 1.165) is 5.56 Å². The molecule has 2 rings (SSSR count). The van der Waals surface area contributed by atoms with Crippen LogP contribution in [-0.4, -0.2) is 21.2 Å². The minimum atomic E-state index is -0.867. The van der Waals surface area contributed by atoms with Gasteiger partial charge in [-0.3, -0.25) is 4.79 Å². The minimum absolute atomic E-state index is 0.00523. The summed E-state index contributed by atoms with van der Waals surface area (Å²) in [5.74, 6) is 0.0961. The van der Waals surface area contributed by atoms with Gasteiger partial charge >= 0.3 is 5.97 Å². The van der Waals surface area contributed by atoms with Gasteiger partial charge in [-0.05, 0) is 30.5 Å². The van der Waals surface area contributed by atoms with Crippen molar-refractivity contribution in [2.75, 3.05) is 0 Å². The molecule has 0 unspecified atom stereocenters. The number of benzene rings is 1. The van der Waals surface area contributed by atoms with Gasteiger partial charge in [0.25, 0.3) is 0 Å². The van der Waals surface area contributed by atoms with E-state index in [4.69, 9.17) is 9.63 Å². The van der Waals surface area contributed by atoms with Gasteiger partial charge in [0.15, 0.2) is 5.82 Å². The van der Waals surface area contributed by atoms with Crippen LogP contribution in [0.25, 0.3) is 0 Å². The maximum Gasteiger partial charge on any atom is 0.303 e. The summed E-state index contributed by atoms with van der Waals surface area (Å²) >= 11 is 0. The molecule has 1 aromatic carbocycles. The minimum Gasteiger partial charge on any atom is -0.481 e. The molecule has 0 atom stereocenters. The average Bonchev–Trinajstić information content (AvgIpc) is 2.79. The summed E-state index contributed by atoms with van der Waals surface area (Å²) in [6, 6.07) is 6.20. The fourth-order valence-corrected chi connectivity index (χ4v) is 1.77. The van der Waals surface area contributed by atoms with E-state index in [-0.39, 0.29) is 12.8 Å². The quantitative estimate of drug-likeness (QED) is 0.892. The summed E-state index contributed by atoms with van der Waals surface area (Å²) in [5.41, 5.74) is 3.60. The lowest BCUT2D eigenvalue weighted by molar-refractivity contribution is -0.137. The van der Waals surface area contributed by atoms with Crippen LogP contribution in [-0.2, 0) is 17.6 Å². The zero-order valence-electron chi connectivity index (χ0n) is 11.0. The van der Waals surface area contributed by atoms with E-state index in [1.807, 2.05) is 6.07 Å². The fraction of sp³-hybridized carbons (Fsp3) is 0.357. The molecule has 0 spiro atoms. The van der Waals surface area contributed by atoms with Crippen molar-refractivity contribution in [3.05, 3.63) is 46.6 Å². The van der Waals surface area contributed by atoms with Gasteiger partial charge in [0.2, 0.25) is 5.89 Å². The number of rotatable bonds is 5. The van der Waals surface area contributed by atoms with Crippen LogP contribution < -0.4 is 0 Å². The Kier molecular flexibility index (Phi) is 3.94. The Morgan fingerprint density at radius 2 is 2.11 bits per heavy atom. The van der Waals surface area contributed by atoms with E-state index in [1.54, 1.807) is 0 Å². The van der Waals surface area contributed by atoms with Gasteiger partial charge in [-0.2, -0.15) is 4.98 Å². The summed E-state index contributed by atoms with van der Waals surface area (Å²) < 4.78 is 5.02. The highest BCUT2D eigenvalue weighted by Crippen LogP contribution is 2.13. The Balaban J connectivity index is 2.02. The third-order valence-corrected chi connectivity index (χ3v) is 3.00. The number of carbonyl (C=O) groups is 1. The van der Waals surface area contributed by atoms with E-state index < -0.39 is 5.97 Å². The number of carboxylic acids is 1. The maximum absolute atomic E-state index is 10.4. The first-order chi connectivity index (χ1) is 9.04. The normalized spacial score (nSPS) is 10.6. The monoisotopic (exact) mass is 260 g/mol. The second-order valence-electron chi connectivity index (χ2n) is 4.59. The molecule has 0 radical (unpaired) electrons. The smallest absolute Gasteiger partial charge is 0.303 e. The number of carboxylic acid groups (broad SMARTS) is 1. The molecule has 0 saturated carbocycles. The van der Waals surface area contributed by atoms with Gasteiger partial charge in [0.1, 0.15) is 0 Å². The van der Waals surface area contributed by atoms with Crippen LogP contribution in [0.4, 0.5) is 0 Å². The standard InChI is InChI=1S/C14H16N2O3/c1-9-3-4-11(7-10(9)2)8-12-15-13(19-16-12)5-6-14(17)18/h3-4,7H,5-6,8H2,1-2H3,(H,17,18). The van der Waals surface area contributed by atoms with Crippen LogP contribution in [0, 0.1) is 13.8 Å². The molecule has 2 aromatic rings. The van der Waals surface area contributed by atoms with Gasteiger partial charge < -0.3 is 9.63 Å². The summed E-state index contributed by atoms with van der Waals surface area (Å²) in [6.07, 6.45) is 0.873. The van der Waals surface area contributed by atoms with Gasteiger partial charge in [-0.25, -0.2) is 0 Å². The van der Waals surface area contributed by atoms with E-state index in [0.29, 0.717) is 18.1 Å². The molecule has 0 aliphatic carbocycles. The number of nitrogens with zero attached hydrogens (tertiary/aromatic N) is 2. The molecule has 0 bridgehead atoms. The fourth-order valence-electron chi connectivity index (χ4n) is 1.77. The number of aromatic nitrogens is 2. The van der Waals surface area contributed by atoms with Crippen molar-refractivity contribution in [1.82, 2.24) is 10.1 Å². The first kappa shape index (κ1) is 13.3. The van der Waals surface area contributed by atoms with E-state index in [9.17, 15) is 4.79 Å². The first-order valence-corrected chi connectivity index (χ1v) is 6.14. The zero-order valence-corrected chi connectivity index (χ0v) is 11.0. The SMILES string of the molecule is Cc1ccc(Cc2noc(CCC(=O)O)n2)cc1C. The van der Waals surface area contributed by atoms with Crippen molar-refractivity contribution in [3.8, 4) is 0 Å². The number of hydrogen-bond acceptors (Lipinski definition) is 4. The highest BCUT2D eigenvalue weighted by atomic mass is 16.5. The Morgan fingerprint density at radius 1 is 1.32 bits per heavy atom. The Bertz CT molecular complexity index is 590. The highest BCUT2D eigenvalue weighted by Gasteiger charge is 2.09. The molecule has 5 nitrogen and oxygen atoms in total. The van der Waals surface area contributed by atoms with Gasteiger partial charge in [-0.1, -0.05) is 23.4 Å². The van der Waals surface area contributed by atoms with Crippen molar-refractivity contribution in [3.63, 3.8) is 0 Å². The number of hydrogen-bond donors (Lipinski definition) is 1. The summed E-state index contributed by atoms with van der Waals surface area (Å²) in [5, 5.41) is 12.4. The summed E-state index contributed by atoms with van der Waals surface area (Å²) in [4.78, 5) is 14.6. The largest absolute Gasteiger partial charge is 0.481 e. The molecule has 0 aliphatic rings. The third-order valence-electron chi connectivity index (χ3n) is 3.00. The van der Waals surface area contributed by atoms with Crippen molar-refractivity contribution >= 4 is 5.97 Å². The number of aryl methyl sites for hydroxylation is 3. The van der Waals surface area contributed by atoms with Crippen molar-refractivity contribution in [2.45, 2.75) is 33.1 Å². The zero-order chi connectivity index (χ0) is 13.8. The molecule has 0 fully saturated rings. The Hall–Kier alpha value is -2.17. The molecule has 19 heavy (non-hydrogen) atoms. The Labute approximate surface area is 111 Å². The molecule has 100 valence electrons. The second-order valence-corrected chi connectivity index (χ2v) is 4.59. The maximum atomic E-state index is 10.4. The van der Waals surface area contributed by atoms with Crippen molar-refractivity contribution in [1.29, 1.82) is 0 Å². The van der Waals surface area contributed by atoms with Crippen molar-refractivity contribution < 1.29 is 14.4 Å². The van der Waals surface area contributed by atoms with E-state index in [1.165, 1.54) is 11.1 Å². The molecular weight excluding hydrogens is 244 g/mol. The van der Waals surface area contributed by atoms with Gasteiger partial charge in [-0.15, -0.1) is 0 Å². The van der Waals surface area contributed by atoms with E-state index in [2.05, 4.69) is 36.1 Å². The molecular formula is C14H16N2O3. The molecule has 0 amide bonds. The van der Waals surface area contributed by atoms with Crippen LogP contribution in [0.1, 0.15) is 34.8 Å². The summed E-state index contributed by atoms with van der Waals surface area (Å²) in [7, 11) is 0. The van der Waals surface area contributed by atoms with Crippen LogP contribution >= 0.6 is 0 Å². The van der Waals surface area contributed by atoms with Gasteiger partial charge in [0, 0.05) is 12.8 Å². The first-order valence-electron chi connectivity index (χ1n) is 6.14. The third kappa shape index (κ3) is 3.64. The lowest BCUT2D eigenvalue weighted by Crippen LogP contribution is -1.98. The lowest BCUT2D eigenvalue weighted by atomic mass is 10.0. The van der Waals surface area contributed by atoms with Gasteiger partial charge in [0.05, 0.1) is 6.42 Å². The molecule has 0 saturated heterocycles. The average molecular weight is 260 g/mol. The molecule has 0 aliphatic heterocycles. The van der Waals surface area contributed by atoms with Crippen LogP contribution in [0.15, 0.2) is 22.7 Å².